The van der Waals surface area contributed by atoms with Crippen molar-refractivity contribution in [3.05, 3.63) is 156 Å². The fraction of sp³-hybridized carbons (Fsp3) is 0.400. The largest absolute Gasteiger partial charge is 0.455 e. The molecular formula is C45H50O10. The lowest BCUT2D eigenvalue weighted by atomic mass is 9.92. The summed E-state index contributed by atoms with van der Waals surface area (Å²) in [6.45, 7) is 8.88. The number of carbonyl (C=O) groups is 1. The Hall–Kier alpha value is -4.23. The van der Waals surface area contributed by atoms with Gasteiger partial charge in [0.1, 0.15) is 30.5 Å². The summed E-state index contributed by atoms with van der Waals surface area (Å²) in [4.78, 5) is 14.6. The molecule has 3 aliphatic heterocycles. The number of ether oxygens (including phenoxy) is 9. The summed E-state index contributed by atoms with van der Waals surface area (Å²) in [5.74, 6) is -1.57. The third kappa shape index (κ3) is 10.2. The SMILES string of the molecule is C=CC[C@H]1O[C@H](COCc2ccccc2)[C@@H](OCc2ccccc2)[C@H](OC(=O)[C@H]2O[C@@H]3OC(C)(C)O[C@@H]3[C@@H]2OCc2ccccc2)[C@@H]1OCc1ccccc1. The Bertz CT molecular complexity index is 1770. The van der Waals surface area contributed by atoms with Crippen LogP contribution in [0.5, 0.6) is 0 Å². The standard InChI is InChI=1S/C45H50O10/c1-4-17-35-37(48-27-32-20-11-6-12-21-32)40(38(49-28-33-22-13-7-14-23-33)36(51-35)30-47-26-31-18-9-5-10-19-31)52-43(46)41-39(50-29-34-24-15-8-16-25-34)42-44(53-41)55-45(2,3)54-42/h4-16,18-25,35-42,44H,1,17,26-30H2,2-3H3/t35-,36-,37-,38-,39-,40-,41+,42-,44-/m1/s1. The number of benzene rings is 4. The number of fused-ring (bicyclic) bond motifs is 1. The number of carbonyl (C=O) groups excluding carboxylic acids is 1. The van der Waals surface area contributed by atoms with Crippen LogP contribution in [0.25, 0.3) is 0 Å². The molecule has 4 aromatic carbocycles. The second-order valence-electron chi connectivity index (χ2n) is 14.4. The van der Waals surface area contributed by atoms with Crippen LogP contribution in [0.4, 0.5) is 0 Å². The van der Waals surface area contributed by atoms with Crippen molar-refractivity contribution in [2.75, 3.05) is 6.61 Å². The highest BCUT2D eigenvalue weighted by Crippen LogP contribution is 2.40. The van der Waals surface area contributed by atoms with Gasteiger partial charge in [-0.2, -0.15) is 0 Å². The minimum absolute atomic E-state index is 0.172. The fourth-order valence-corrected chi connectivity index (χ4v) is 7.24. The van der Waals surface area contributed by atoms with Gasteiger partial charge in [-0.05, 0) is 42.5 Å². The summed E-state index contributed by atoms with van der Waals surface area (Å²) in [5, 5.41) is 0. The summed E-state index contributed by atoms with van der Waals surface area (Å²) >= 11 is 0. The van der Waals surface area contributed by atoms with Crippen molar-refractivity contribution < 1.29 is 47.4 Å². The van der Waals surface area contributed by atoms with Crippen LogP contribution in [0.3, 0.4) is 0 Å². The van der Waals surface area contributed by atoms with E-state index in [-0.39, 0.29) is 26.4 Å². The van der Waals surface area contributed by atoms with Gasteiger partial charge in [0.2, 0.25) is 0 Å². The second kappa shape index (κ2) is 18.6. The molecule has 0 spiro atoms. The third-order valence-electron chi connectivity index (χ3n) is 9.85. The molecule has 55 heavy (non-hydrogen) atoms. The normalized spacial score (nSPS) is 28.4. The van der Waals surface area contributed by atoms with Crippen molar-refractivity contribution in [3.8, 4) is 0 Å². The van der Waals surface area contributed by atoms with Crippen LogP contribution < -0.4 is 0 Å². The maximum Gasteiger partial charge on any atom is 0.338 e. The molecule has 0 aromatic heterocycles. The molecule has 7 rings (SSSR count). The van der Waals surface area contributed by atoms with E-state index in [2.05, 4.69) is 6.58 Å². The van der Waals surface area contributed by atoms with Crippen LogP contribution in [0.2, 0.25) is 0 Å². The molecule has 3 heterocycles. The van der Waals surface area contributed by atoms with Crippen LogP contribution in [0, 0.1) is 0 Å². The van der Waals surface area contributed by atoms with E-state index in [1.807, 2.05) is 121 Å². The summed E-state index contributed by atoms with van der Waals surface area (Å²) in [6.07, 6.45) is -4.91. The Morgan fingerprint density at radius 1 is 0.618 bits per heavy atom. The minimum Gasteiger partial charge on any atom is -0.455 e. The molecule has 0 unspecified atom stereocenters. The molecule has 3 saturated heterocycles. The molecule has 0 bridgehead atoms. The Balaban J connectivity index is 1.18. The molecule has 0 saturated carbocycles. The second-order valence-corrected chi connectivity index (χ2v) is 14.4. The van der Waals surface area contributed by atoms with Gasteiger partial charge in [0.25, 0.3) is 0 Å². The van der Waals surface area contributed by atoms with Gasteiger partial charge in [0.05, 0.1) is 39.1 Å². The molecule has 9 atom stereocenters. The zero-order valence-electron chi connectivity index (χ0n) is 31.4. The molecule has 3 fully saturated rings. The molecule has 10 nitrogen and oxygen atoms in total. The molecule has 0 amide bonds. The van der Waals surface area contributed by atoms with Gasteiger partial charge in [-0.1, -0.05) is 127 Å². The van der Waals surface area contributed by atoms with Crippen LogP contribution in [0.15, 0.2) is 134 Å². The Morgan fingerprint density at radius 3 is 1.60 bits per heavy atom. The smallest absolute Gasteiger partial charge is 0.338 e. The number of hydrogen-bond donors (Lipinski definition) is 0. The van der Waals surface area contributed by atoms with Gasteiger partial charge in [-0.25, -0.2) is 4.79 Å². The lowest BCUT2D eigenvalue weighted by molar-refractivity contribution is -0.271. The van der Waals surface area contributed by atoms with E-state index in [1.54, 1.807) is 19.9 Å². The highest BCUT2D eigenvalue weighted by Gasteiger charge is 2.59. The zero-order valence-corrected chi connectivity index (χ0v) is 31.4. The van der Waals surface area contributed by atoms with E-state index in [0.29, 0.717) is 13.0 Å². The van der Waals surface area contributed by atoms with Gasteiger partial charge < -0.3 is 42.6 Å². The van der Waals surface area contributed by atoms with E-state index in [4.69, 9.17) is 42.6 Å². The predicted octanol–water partition coefficient (Wildman–Crippen LogP) is 7.09. The first-order valence-electron chi connectivity index (χ1n) is 18.9. The maximum absolute atomic E-state index is 14.6. The molecule has 3 aliphatic rings. The summed E-state index contributed by atoms with van der Waals surface area (Å²) in [5.41, 5.74) is 3.87. The average molecular weight is 751 g/mol. The number of esters is 1. The van der Waals surface area contributed by atoms with Crippen molar-refractivity contribution >= 4 is 5.97 Å². The quantitative estimate of drug-likeness (QED) is 0.0822. The fourth-order valence-electron chi connectivity index (χ4n) is 7.24. The van der Waals surface area contributed by atoms with E-state index in [0.717, 1.165) is 22.3 Å². The lowest BCUT2D eigenvalue weighted by Crippen LogP contribution is -2.62. The Morgan fingerprint density at radius 2 is 1.09 bits per heavy atom. The monoisotopic (exact) mass is 750 g/mol. The first kappa shape index (κ1) is 39.0. The van der Waals surface area contributed by atoms with Crippen LogP contribution >= 0.6 is 0 Å². The Kier molecular flexibility index (Phi) is 13.2. The van der Waals surface area contributed by atoms with Gasteiger partial charge in [0.15, 0.2) is 24.3 Å². The van der Waals surface area contributed by atoms with Crippen LogP contribution in [0.1, 0.15) is 42.5 Å². The number of rotatable bonds is 17. The zero-order chi connectivity index (χ0) is 38.0. The van der Waals surface area contributed by atoms with Crippen molar-refractivity contribution in [2.24, 2.45) is 0 Å². The topological polar surface area (TPSA) is 100 Å². The minimum atomic E-state index is -1.16. The van der Waals surface area contributed by atoms with Gasteiger partial charge in [0, 0.05) is 0 Å². The summed E-state index contributed by atoms with van der Waals surface area (Å²) in [6, 6.07) is 39.3. The van der Waals surface area contributed by atoms with E-state index < -0.39 is 66.9 Å². The predicted molar refractivity (Wildman–Crippen MR) is 203 cm³/mol. The van der Waals surface area contributed by atoms with E-state index in [1.165, 1.54) is 0 Å². The number of hydrogen-bond acceptors (Lipinski definition) is 10. The summed E-state index contributed by atoms with van der Waals surface area (Å²) < 4.78 is 57.9. The van der Waals surface area contributed by atoms with Crippen molar-refractivity contribution in [3.63, 3.8) is 0 Å². The summed E-state index contributed by atoms with van der Waals surface area (Å²) in [7, 11) is 0. The van der Waals surface area contributed by atoms with Crippen LogP contribution in [-0.4, -0.2) is 73.5 Å². The molecule has 10 heteroatoms. The maximum atomic E-state index is 14.6. The molecule has 0 N–H and O–H groups in total. The van der Waals surface area contributed by atoms with E-state index >= 15 is 0 Å². The molecule has 0 radical (unpaired) electrons. The first-order chi connectivity index (χ1) is 26.9. The molecule has 0 aliphatic carbocycles. The van der Waals surface area contributed by atoms with E-state index in [9.17, 15) is 4.79 Å². The van der Waals surface area contributed by atoms with Crippen LogP contribution in [-0.2, 0) is 73.9 Å². The van der Waals surface area contributed by atoms with Gasteiger partial charge in [-0.3, -0.25) is 0 Å². The lowest BCUT2D eigenvalue weighted by Gasteiger charge is -2.46. The van der Waals surface area contributed by atoms with Gasteiger partial charge >= 0.3 is 5.97 Å². The van der Waals surface area contributed by atoms with Gasteiger partial charge in [-0.15, -0.1) is 6.58 Å². The Labute approximate surface area is 323 Å². The third-order valence-corrected chi connectivity index (χ3v) is 9.85. The average Bonchev–Trinajstić information content (AvgIpc) is 3.69. The highest BCUT2D eigenvalue weighted by atomic mass is 16.8. The molecule has 4 aromatic rings. The molecular weight excluding hydrogens is 700 g/mol. The van der Waals surface area contributed by atoms with Crippen molar-refractivity contribution in [1.82, 2.24) is 0 Å². The van der Waals surface area contributed by atoms with Crippen molar-refractivity contribution in [2.45, 2.75) is 108 Å². The highest BCUT2D eigenvalue weighted by molar-refractivity contribution is 5.76. The first-order valence-corrected chi connectivity index (χ1v) is 18.9. The van der Waals surface area contributed by atoms with Crippen molar-refractivity contribution in [1.29, 1.82) is 0 Å². The molecule has 290 valence electrons.